The third kappa shape index (κ3) is 7.11. The van der Waals surface area contributed by atoms with Gasteiger partial charge in [-0.05, 0) is 51.4 Å². The lowest BCUT2D eigenvalue weighted by atomic mass is 9.96. The molecule has 1 aliphatic rings. The van der Waals surface area contributed by atoms with Gasteiger partial charge in [0.1, 0.15) is 11.6 Å². The van der Waals surface area contributed by atoms with E-state index in [-0.39, 0.29) is 29.5 Å². The van der Waals surface area contributed by atoms with Crippen LogP contribution in [0.1, 0.15) is 30.9 Å². The molecule has 1 N–H and O–H groups in total. The quantitative estimate of drug-likeness (QED) is 0.347. The summed E-state index contributed by atoms with van der Waals surface area (Å²) in [7, 11) is 7.34. The molecule has 160 valence electrons. The van der Waals surface area contributed by atoms with E-state index in [1.807, 2.05) is 26.0 Å². The van der Waals surface area contributed by atoms with Crippen molar-refractivity contribution in [3.8, 4) is 0 Å². The van der Waals surface area contributed by atoms with Crippen molar-refractivity contribution in [1.29, 1.82) is 0 Å². The Labute approximate surface area is 184 Å². The summed E-state index contributed by atoms with van der Waals surface area (Å²) in [5.41, 5.74) is 0.0790. The van der Waals surface area contributed by atoms with Gasteiger partial charge in [-0.25, -0.2) is 8.78 Å². The first kappa shape index (κ1) is 25.0. The number of halogens is 3. The van der Waals surface area contributed by atoms with E-state index in [9.17, 15) is 8.78 Å². The number of rotatable bonds is 7. The number of aliphatic imine (C=N–C) groups is 1. The maximum atomic E-state index is 14.2. The molecule has 8 heteroatoms. The van der Waals surface area contributed by atoms with Gasteiger partial charge < -0.3 is 19.9 Å². The number of likely N-dealkylation sites (N-methyl/N-ethyl adjacent to an activating group) is 1. The lowest BCUT2D eigenvalue weighted by Crippen LogP contribution is -2.43. The van der Waals surface area contributed by atoms with E-state index in [0.717, 1.165) is 45.0 Å². The summed E-state index contributed by atoms with van der Waals surface area (Å²) in [6, 6.07) is 3.54. The van der Waals surface area contributed by atoms with E-state index in [0.29, 0.717) is 12.5 Å². The lowest BCUT2D eigenvalue weighted by Gasteiger charge is -2.30. The summed E-state index contributed by atoms with van der Waals surface area (Å²) in [6.07, 6.45) is 3.30. The van der Waals surface area contributed by atoms with E-state index >= 15 is 0 Å². The molecule has 1 heterocycles. The maximum Gasteiger partial charge on any atom is 0.193 e. The van der Waals surface area contributed by atoms with E-state index < -0.39 is 17.7 Å². The summed E-state index contributed by atoms with van der Waals surface area (Å²) in [4.78, 5) is 8.20. The second kappa shape index (κ2) is 12.5. The van der Waals surface area contributed by atoms with Gasteiger partial charge in [0.2, 0.25) is 0 Å². The average Bonchev–Trinajstić information content (AvgIpc) is 2.65. The van der Waals surface area contributed by atoms with Crippen molar-refractivity contribution >= 4 is 29.9 Å². The van der Waals surface area contributed by atoms with Crippen molar-refractivity contribution in [3.63, 3.8) is 0 Å². The summed E-state index contributed by atoms with van der Waals surface area (Å²) in [6.45, 7) is 2.93. The molecule has 0 amide bonds. The van der Waals surface area contributed by atoms with Gasteiger partial charge in [0.05, 0.1) is 6.04 Å². The molecule has 1 aromatic carbocycles. The van der Waals surface area contributed by atoms with E-state index in [1.165, 1.54) is 18.2 Å². The Morgan fingerprint density at radius 2 is 1.82 bits per heavy atom. The van der Waals surface area contributed by atoms with Crippen LogP contribution in [0.25, 0.3) is 0 Å². The van der Waals surface area contributed by atoms with E-state index in [1.54, 1.807) is 7.05 Å². The van der Waals surface area contributed by atoms with Crippen molar-refractivity contribution in [2.24, 2.45) is 10.9 Å². The van der Waals surface area contributed by atoms with Crippen LogP contribution < -0.4 is 5.32 Å². The summed E-state index contributed by atoms with van der Waals surface area (Å²) in [5, 5.41) is 3.27. The molecule has 0 aliphatic carbocycles. The first-order valence-electron chi connectivity index (χ1n) is 9.54. The molecule has 1 fully saturated rings. The minimum absolute atomic E-state index is 0. The van der Waals surface area contributed by atoms with Gasteiger partial charge >= 0.3 is 0 Å². The van der Waals surface area contributed by atoms with Crippen LogP contribution in [0.4, 0.5) is 8.78 Å². The summed E-state index contributed by atoms with van der Waals surface area (Å²) in [5.74, 6) is 0.351. The van der Waals surface area contributed by atoms with Crippen molar-refractivity contribution < 1.29 is 13.5 Å². The number of hydrogen-bond acceptors (Lipinski definition) is 3. The van der Waals surface area contributed by atoms with Crippen molar-refractivity contribution in [3.05, 3.63) is 35.4 Å². The number of nitrogens with zero attached hydrogens (tertiary/aromatic N) is 3. The van der Waals surface area contributed by atoms with Crippen LogP contribution in [0.15, 0.2) is 23.2 Å². The minimum Gasteiger partial charge on any atom is -0.381 e. The Morgan fingerprint density at radius 1 is 1.21 bits per heavy atom. The van der Waals surface area contributed by atoms with Crippen LogP contribution >= 0.6 is 24.0 Å². The normalized spacial score (nSPS) is 16.6. The zero-order chi connectivity index (χ0) is 19.8. The standard InChI is InChI=1S/C20H32F2N4O.HI/c1-23-20(26(4)11-8-15-9-12-27-13-10-15)24-14-18(25(2)3)19-16(21)6-5-7-17(19)22;/h5-7,15,18H,8-14H2,1-4H3,(H,23,24);1H. The van der Waals surface area contributed by atoms with Crippen LogP contribution in [0.3, 0.4) is 0 Å². The number of hydrogen-bond donors (Lipinski definition) is 1. The highest BCUT2D eigenvalue weighted by molar-refractivity contribution is 14.0. The van der Waals surface area contributed by atoms with Gasteiger partial charge in [-0.15, -0.1) is 24.0 Å². The Kier molecular flexibility index (Phi) is 11.2. The maximum absolute atomic E-state index is 14.2. The molecule has 28 heavy (non-hydrogen) atoms. The zero-order valence-corrected chi connectivity index (χ0v) is 19.6. The van der Waals surface area contributed by atoms with E-state index in [4.69, 9.17) is 4.74 Å². The highest BCUT2D eigenvalue weighted by Gasteiger charge is 2.23. The fourth-order valence-corrected chi connectivity index (χ4v) is 3.46. The molecule has 5 nitrogen and oxygen atoms in total. The van der Waals surface area contributed by atoms with E-state index in [2.05, 4.69) is 15.2 Å². The molecule has 1 aliphatic heterocycles. The molecule has 0 spiro atoms. The number of ether oxygens (including phenoxy) is 1. The first-order valence-corrected chi connectivity index (χ1v) is 9.54. The SMILES string of the molecule is CN=C(NCC(c1c(F)cccc1F)N(C)C)N(C)CCC1CCOCC1.I. The van der Waals surface area contributed by atoms with Crippen molar-refractivity contribution in [1.82, 2.24) is 15.1 Å². The van der Waals surface area contributed by atoms with Crippen LogP contribution in [-0.4, -0.2) is 70.3 Å². The number of guanidine groups is 1. The fraction of sp³-hybridized carbons (Fsp3) is 0.650. The predicted octanol–water partition coefficient (Wildman–Crippen LogP) is 3.51. The molecular formula is C20H33F2IN4O. The second-order valence-electron chi connectivity index (χ2n) is 7.31. The molecule has 0 saturated carbocycles. The lowest BCUT2D eigenvalue weighted by molar-refractivity contribution is 0.0625. The fourth-order valence-electron chi connectivity index (χ4n) is 3.46. The molecule has 1 saturated heterocycles. The van der Waals surface area contributed by atoms with Crippen LogP contribution in [0.2, 0.25) is 0 Å². The zero-order valence-electron chi connectivity index (χ0n) is 17.3. The monoisotopic (exact) mass is 510 g/mol. The molecule has 0 aromatic heterocycles. The molecule has 1 aromatic rings. The largest absolute Gasteiger partial charge is 0.381 e. The van der Waals surface area contributed by atoms with Gasteiger partial charge in [-0.2, -0.15) is 0 Å². The second-order valence-corrected chi connectivity index (χ2v) is 7.31. The number of nitrogens with one attached hydrogen (secondary N) is 1. The highest BCUT2D eigenvalue weighted by atomic mass is 127. The molecule has 0 radical (unpaired) electrons. The van der Waals surface area contributed by atoms with Gasteiger partial charge in [0.25, 0.3) is 0 Å². The molecule has 2 rings (SSSR count). The summed E-state index contributed by atoms with van der Waals surface area (Å²) >= 11 is 0. The Hall–Kier alpha value is -1.00. The topological polar surface area (TPSA) is 40.1 Å². The Balaban J connectivity index is 0.00000392. The van der Waals surface area contributed by atoms with Gasteiger partial charge in [0.15, 0.2) is 5.96 Å². The van der Waals surface area contributed by atoms with Gasteiger partial charge in [-0.1, -0.05) is 6.07 Å². The molecule has 0 bridgehead atoms. The molecule has 1 atom stereocenters. The predicted molar refractivity (Wildman–Crippen MR) is 120 cm³/mol. The van der Waals surface area contributed by atoms with Crippen molar-refractivity contribution in [2.75, 3.05) is 54.5 Å². The van der Waals surface area contributed by atoms with Gasteiger partial charge in [0, 0.05) is 46.0 Å². The van der Waals surface area contributed by atoms with Crippen LogP contribution in [0, 0.1) is 17.6 Å². The van der Waals surface area contributed by atoms with Gasteiger partial charge in [-0.3, -0.25) is 4.99 Å². The highest BCUT2D eigenvalue weighted by Crippen LogP contribution is 2.24. The third-order valence-electron chi connectivity index (χ3n) is 5.20. The smallest absolute Gasteiger partial charge is 0.193 e. The Bertz CT molecular complexity index is 604. The first-order chi connectivity index (χ1) is 12.9. The van der Waals surface area contributed by atoms with Crippen LogP contribution in [0.5, 0.6) is 0 Å². The molecular weight excluding hydrogens is 477 g/mol. The van der Waals surface area contributed by atoms with Crippen LogP contribution in [-0.2, 0) is 4.74 Å². The summed E-state index contributed by atoms with van der Waals surface area (Å²) < 4.78 is 33.8. The number of benzene rings is 1. The third-order valence-corrected chi connectivity index (χ3v) is 5.20. The van der Waals surface area contributed by atoms with Crippen molar-refractivity contribution in [2.45, 2.75) is 25.3 Å². The Morgan fingerprint density at radius 3 is 2.36 bits per heavy atom. The average molecular weight is 510 g/mol. The minimum atomic E-state index is -0.529. The molecule has 1 unspecified atom stereocenters.